The van der Waals surface area contributed by atoms with Gasteiger partial charge >= 0.3 is 12.1 Å². The predicted octanol–water partition coefficient (Wildman–Crippen LogP) is 4.79. The van der Waals surface area contributed by atoms with Crippen molar-refractivity contribution in [3.63, 3.8) is 0 Å². The summed E-state index contributed by atoms with van der Waals surface area (Å²) in [5, 5.41) is 0. The number of ether oxygens (including phenoxy) is 3. The molecule has 214 valence electrons. The van der Waals surface area contributed by atoms with Crippen molar-refractivity contribution >= 4 is 23.0 Å². The molecule has 0 spiro atoms. The zero-order chi connectivity index (χ0) is 27.9. The lowest BCUT2D eigenvalue weighted by molar-refractivity contribution is -0.140. The highest BCUT2D eigenvalue weighted by molar-refractivity contribution is 7.82. The molecular formula is C27H40F2N2O6S. The average Bonchev–Trinajstić information content (AvgIpc) is 2.85. The lowest BCUT2D eigenvalue weighted by Gasteiger charge is -2.33. The number of esters is 1. The van der Waals surface area contributed by atoms with Crippen LogP contribution in [0.2, 0.25) is 0 Å². The van der Waals surface area contributed by atoms with E-state index in [1.54, 1.807) is 4.90 Å². The molecule has 2 saturated heterocycles. The molecule has 1 aromatic rings. The molecule has 2 aliphatic heterocycles. The van der Waals surface area contributed by atoms with E-state index in [0.29, 0.717) is 69.6 Å². The van der Waals surface area contributed by atoms with Gasteiger partial charge in [-0.3, -0.25) is 4.79 Å². The first-order valence-electron chi connectivity index (χ1n) is 13.3. The van der Waals surface area contributed by atoms with Gasteiger partial charge in [0.2, 0.25) is 0 Å². The number of amides is 1. The number of rotatable bonds is 9. The Balaban J connectivity index is 1.45. The minimum atomic E-state index is -1.17. The van der Waals surface area contributed by atoms with E-state index in [1.165, 1.54) is 19.1 Å². The second-order valence-electron chi connectivity index (χ2n) is 11.0. The van der Waals surface area contributed by atoms with E-state index in [1.807, 2.05) is 25.1 Å². The van der Waals surface area contributed by atoms with Crippen molar-refractivity contribution in [3.8, 4) is 5.75 Å². The van der Waals surface area contributed by atoms with Crippen molar-refractivity contribution in [1.82, 2.24) is 9.21 Å². The summed E-state index contributed by atoms with van der Waals surface area (Å²) in [5.74, 6) is -1.69. The summed E-state index contributed by atoms with van der Waals surface area (Å²) in [4.78, 5) is 24.7. The predicted molar refractivity (Wildman–Crippen MR) is 140 cm³/mol. The van der Waals surface area contributed by atoms with E-state index in [-0.39, 0.29) is 42.9 Å². The molecular weight excluding hydrogens is 518 g/mol. The summed E-state index contributed by atoms with van der Waals surface area (Å²) in [6.07, 6.45) is 2.80. The maximum atomic E-state index is 14.9. The van der Waals surface area contributed by atoms with Crippen molar-refractivity contribution in [2.45, 2.75) is 71.3 Å². The van der Waals surface area contributed by atoms with Crippen molar-refractivity contribution < 1.29 is 36.8 Å². The molecule has 0 bridgehead atoms. The van der Waals surface area contributed by atoms with Gasteiger partial charge in [0, 0.05) is 38.9 Å². The second kappa shape index (κ2) is 13.7. The molecule has 1 amide bonds. The normalized spacial score (nSPS) is 18.7. The largest absolute Gasteiger partial charge is 0.487 e. The van der Waals surface area contributed by atoms with Gasteiger partial charge in [0.05, 0.1) is 24.2 Å². The standard InChI is InChI=1S/C27H40F2N2O6S/c1-19(32)35-14-5-15-38(34)31-12-8-21(9-13-31)22-16-23(28)25(24(29)17-22)36-18-20-6-10-30(11-7-20)26(33)37-27(2,3)4/h16-17,20-21H,5-15,18H2,1-4H3. The number of carbonyl (C=O) groups excluding carboxylic acids is 2. The van der Waals surface area contributed by atoms with Crippen LogP contribution in [0.3, 0.4) is 0 Å². The Bertz CT molecular complexity index is 963. The van der Waals surface area contributed by atoms with E-state index in [0.717, 1.165) is 0 Å². The Morgan fingerprint density at radius 1 is 1.03 bits per heavy atom. The third-order valence-corrected chi connectivity index (χ3v) is 8.31. The summed E-state index contributed by atoms with van der Waals surface area (Å²) in [6.45, 7) is 9.39. The van der Waals surface area contributed by atoms with Gasteiger partial charge in [0.25, 0.3) is 0 Å². The number of hydrogen-bond acceptors (Lipinski definition) is 6. The van der Waals surface area contributed by atoms with Crippen LogP contribution >= 0.6 is 0 Å². The first-order valence-corrected chi connectivity index (χ1v) is 14.6. The zero-order valence-corrected chi connectivity index (χ0v) is 23.6. The molecule has 2 heterocycles. The van der Waals surface area contributed by atoms with Crippen LogP contribution in [0.4, 0.5) is 13.6 Å². The summed E-state index contributed by atoms with van der Waals surface area (Å²) in [7, 11) is -1.17. The van der Waals surface area contributed by atoms with Gasteiger partial charge in [-0.1, -0.05) is 0 Å². The van der Waals surface area contributed by atoms with Crippen LogP contribution in [-0.4, -0.2) is 76.2 Å². The SMILES string of the molecule is CC(=O)OCCCS(=O)N1CCC(c2cc(F)c(OCC3CCN(C(=O)OC(C)(C)C)CC3)c(F)c2)CC1. The van der Waals surface area contributed by atoms with Crippen LogP contribution in [0.5, 0.6) is 5.75 Å². The molecule has 0 radical (unpaired) electrons. The van der Waals surface area contributed by atoms with Crippen LogP contribution in [0, 0.1) is 17.6 Å². The highest BCUT2D eigenvalue weighted by Crippen LogP contribution is 2.33. The highest BCUT2D eigenvalue weighted by atomic mass is 32.2. The van der Waals surface area contributed by atoms with Crippen LogP contribution < -0.4 is 4.74 Å². The lowest BCUT2D eigenvalue weighted by Crippen LogP contribution is -2.42. The lowest BCUT2D eigenvalue weighted by atomic mass is 9.90. The number of carbonyl (C=O) groups is 2. The van der Waals surface area contributed by atoms with Gasteiger partial charge < -0.3 is 19.1 Å². The summed E-state index contributed by atoms with van der Waals surface area (Å²) < 4.78 is 59.9. The van der Waals surface area contributed by atoms with E-state index >= 15 is 0 Å². The number of halogens is 2. The van der Waals surface area contributed by atoms with Crippen LogP contribution in [0.1, 0.15) is 71.3 Å². The third-order valence-electron chi connectivity index (χ3n) is 6.73. The molecule has 0 N–H and O–H groups in total. The van der Waals surface area contributed by atoms with Crippen molar-refractivity contribution in [1.29, 1.82) is 0 Å². The van der Waals surface area contributed by atoms with Gasteiger partial charge in [-0.25, -0.2) is 22.1 Å². The number of nitrogens with zero attached hydrogens (tertiary/aromatic N) is 2. The molecule has 2 fully saturated rings. The van der Waals surface area contributed by atoms with E-state index in [9.17, 15) is 22.6 Å². The molecule has 0 aliphatic carbocycles. The Labute approximate surface area is 226 Å². The van der Waals surface area contributed by atoms with Crippen molar-refractivity contribution in [3.05, 3.63) is 29.3 Å². The second-order valence-corrected chi connectivity index (χ2v) is 12.5. The molecule has 3 rings (SSSR count). The molecule has 1 unspecified atom stereocenters. The fourth-order valence-corrected chi connectivity index (χ4v) is 5.92. The minimum Gasteiger partial charge on any atom is -0.487 e. The van der Waals surface area contributed by atoms with Crippen molar-refractivity contribution in [2.24, 2.45) is 5.92 Å². The van der Waals surface area contributed by atoms with Gasteiger partial charge in [-0.05, 0) is 82.4 Å². The molecule has 1 aromatic carbocycles. The molecule has 38 heavy (non-hydrogen) atoms. The first kappa shape index (κ1) is 30.3. The molecule has 0 saturated carbocycles. The van der Waals surface area contributed by atoms with Gasteiger partial charge in [0.15, 0.2) is 17.4 Å². The van der Waals surface area contributed by atoms with Crippen LogP contribution in [0.25, 0.3) is 0 Å². The molecule has 11 heteroatoms. The van der Waals surface area contributed by atoms with E-state index in [2.05, 4.69) is 0 Å². The first-order chi connectivity index (χ1) is 17.9. The fourth-order valence-electron chi connectivity index (χ4n) is 4.68. The Morgan fingerprint density at radius 3 is 2.18 bits per heavy atom. The monoisotopic (exact) mass is 558 g/mol. The Morgan fingerprint density at radius 2 is 1.63 bits per heavy atom. The molecule has 1 atom stereocenters. The number of likely N-dealkylation sites (tertiary alicyclic amines) is 1. The topological polar surface area (TPSA) is 85.4 Å². The maximum Gasteiger partial charge on any atom is 0.410 e. The average molecular weight is 559 g/mol. The molecule has 8 nitrogen and oxygen atoms in total. The minimum absolute atomic E-state index is 0.0282. The smallest absolute Gasteiger partial charge is 0.410 e. The van der Waals surface area contributed by atoms with Crippen molar-refractivity contribution in [2.75, 3.05) is 45.1 Å². The third kappa shape index (κ3) is 9.18. The molecule has 2 aliphatic rings. The summed E-state index contributed by atoms with van der Waals surface area (Å²) >= 11 is 0. The van der Waals surface area contributed by atoms with Crippen LogP contribution in [0.15, 0.2) is 12.1 Å². The number of hydrogen-bond donors (Lipinski definition) is 0. The maximum absolute atomic E-state index is 14.9. The van der Waals surface area contributed by atoms with Gasteiger partial charge in [-0.15, -0.1) is 0 Å². The molecule has 0 aromatic heterocycles. The van der Waals surface area contributed by atoms with E-state index < -0.39 is 28.2 Å². The summed E-state index contributed by atoms with van der Waals surface area (Å²) in [6, 6.07) is 2.69. The Hall–Kier alpha value is -2.27. The quantitative estimate of drug-likeness (QED) is 0.320. The number of benzene rings is 1. The van der Waals surface area contributed by atoms with Crippen LogP contribution in [-0.2, 0) is 25.3 Å². The van der Waals surface area contributed by atoms with Gasteiger partial charge in [0.1, 0.15) is 5.60 Å². The zero-order valence-electron chi connectivity index (χ0n) is 22.8. The number of piperidine rings is 2. The highest BCUT2D eigenvalue weighted by Gasteiger charge is 2.29. The summed E-state index contributed by atoms with van der Waals surface area (Å²) in [5.41, 5.74) is 0.0276. The Kier molecular flexibility index (Phi) is 10.9. The van der Waals surface area contributed by atoms with Gasteiger partial charge in [-0.2, -0.15) is 0 Å². The fraction of sp³-hybridized carbons (Fsp3) is 0.704. The van der Waals surface area contributed by atoms with E-state index in [4.69, 9.17) is 14.2 Å².